The number of aliphatic hydroxyl groups is 4. The molecule has 10 heterocycles. The van der Waals surface area contributed by atoms with Gasteiger partial charge in [-0.1, -0.05) is 6.07 Å². The third kappa shape index (κ3) is 22.4. The fourth-order valence-corrected chi connectivity index (χ4v) is 16.1. The van der Waals surface area contributed by atoms with E-state index in [1.54, 1.807) is 102 Å². The lowest BCUT2D eigenvalue weighted by Crippen LogP contribution is -2.35. The molecule has 3 aromatic carbocycles. The number of anilines is 9. The van der Waals surface area contributed by atoms with Crippen molar-refractivity contribution in [3.05, 3.63) is 204 Å². The lowest BCUT2D eigenvalue weighted by Gasteiger charge is -2.19. The van der Waals surface area contributed by atoms with Crippen LogP contribution in [0, 0.1) is 0 Å². The molecule has 1 unspecified atom stereocenters. The summed E-state index contributed by atoms with van der Waals surface area (Å²) in [6.45, 7) is 1.42. The van der Waals surface area contributed by atoms with Gasteiger partial charge in [0.2, 0.25) is 17.7 Å². The molecule has 0 radical (unpaired) electrons. The fourth-order valence-electron chi connectivity index (χ4n) is 15.1. The average Bonchev–Trinajstić information content (AvgIpc) is 1.64. The van der Waals surface area contributed by atoms with Crippen molar-refractivity contribution in [3.8, 4) is 11.1 Å². The Morgan fingerprint density at radius 1 is 0.519 bits per heavy atom. The number of carbonyl (C=O) groups excluding carboxylic acids is 9. The first-order valence-corrected chi connectivity index (χ1v) is 43.1. The second kappa shape index (κ2) is 40.9. The summed E-state index contributed by atoms with van der Waals surface area (Å²) in [6.07, 6.45) is 14.6. The topological polar surface area (TPSA) is 508 Å². The number of hydrogen-bond acceptors (Lipinski definition) is 20. The van der Waals surface area contributed by atoms with Crippen molar-refractivity contribution in [1.82, 2.24) is 51.7 Å². The molecular formula is C91H104N25O16S+. The molecule has 12 aromatic rings. The third-order valence-electron chi connectivity index (χ3n) is 21.9. The number of carboxylic acids is 1. The second-order valence-electron chi connectivity index (χ2n) is 32.6. The molecule has 694 valence electrons. The van der Waals surface area contributed by atoms with Crippen LogP contribution in [0.4, 0.5) is 56.9 Å². The molecule has 0 spiro atoms. The molecule has 14 N–H and O–H groups in total. The number of imidazole rings is 1. The normalized spacial score (nSPS) is 13.5. The molecule has 0 bridgehead atoms. The largest absolute Gasteiger partial charge is 0.497 e. The zero-order chi connectivity index (χ0) is 95.7. The van der Waals surface area contributed by atoms with Gasteiger partial charge >= 0.3 is 17.1 Å². The van der Waals surface area contributed by atoms with E-state index in [1.165, 1.54) is 101 Å². The Labute approximate surface area is 766 Å². The number of amides is 9. The van der Waals surface area contributed by atoms with E-state index in [0.717, 1.165) is 41.0 Å². The Kier molecular flexibility index (Phi) is 29.1. The van der Waals surface area contributed by atoms with Crippen molar-refractivity contribution < 1.29 is 77.9 Å². The highest BCUT2D eigenvalue weighted by Gasteiger charge is 2.42. The van der Waals surface area contributed by atoms with Gasteiger partial charge in [-0.25, -0.2) is 29.1 Å². The van der Waals surface area contributed by atoms with Crippen LogP contribution < -0.4 is 57.7 Å². The molecule has 1 saturated heterocycles. The molecular weight excluding hydrogens is 1730 g/mol. The van der Waals surface area contributed by atoms with Crippen LogP contribution in [0.5, 0.6) is 0 Å². The van der Waals surface area contributed by atoms with Gasteiger partial charge in [-0.15, -0.1) is 11.8 Å². The smallest absolute Gasteiger partial charge is 0.363 e. The summed E-state index contributed by atoms with van der Waals surface area (Å²) < 4.78 is 18.6. The number of aromatic nitrogens is 9. The van der Waals surface area contributed by atoms with E-state index < -0.39 is 76.3 Å². The molecule has 13 rings (SSSR count). The number of nitrogens with zero attached hydrogens (tertiary/aromatic N) is 17. The molecule has 0 aliphatic carbocycles. The molecule has 133 heavy (non-hydrogen) atoms. The second-order valence-corrected chi connectivity index (χ2v) is 33.9. The van der Waals surface area contributed by atoms with E-state index >= 15 is 0 Å². The summed E-state index contributed by atoms with van der Waals surface area (Å²) in [4.78, 5) is 165. The molecule has 9 amide bonds. The first kappa shape index (κ1) is 94.8. The van der Waals surface area contributed by atoms with Crippen LogP contribution in [0.15, 0.2) is 177 Å². The maximum atomic E-state index is 14.3. The Morgan fingerprint density at radius 2 is 1.00 bits per heavy atom. The van der Waals surface area contributed by atoms with Crippen LogP contribution in [0.25, 0.3) is 33.1 Å². The van der Waals surface area contributed by atoms with Gasteiger partial charge in [0.25, 0.3) is 41.4 Å². The first-order chi connectivity index (χ1) is 63.3. The summed E-state index contributed by atoms with van der Waals surface area (Å²) in [7, 11) is 22.9. The lowest BCUT2D eigenvalue weighted by molar-refractivity contribution is -0.121. The van der Waals surface area contributed by atoms with Gasteiger partial charge in [-0.3, -0.25) is 53.1 Å². The number of hydrogen-bond donors (Lipinski definition) is 13. The standard InChI is InChI=1S/C91H103N25O16S/c1-105(2)29-14-24-93-76(117)22-26-96-82(121)66-34-53(44-109(66)8)99-85(124)69-37-56(47-112(69)11)102-87(126)70-36-55(46-113(70)12)101-84(123)68-33-52(43-111(68)10)98-77(118)23-27-97-83(122)67-35-54(45-110(67)9)100-86(125)71-38-57(48-114(71)13)103-88(127)72-39-58(104-89(128)80-94-28-31-108(80)7)49-115(72)30-15-25-95-81(120)64(92)50-133-75-42-78(119)116(90(75)129)65-21-16-51(32-63(65)91(130)131)79-61-19-17-59(106(3)4)40-73(61)132-74-41-60(107(5)6)18-20-62(74)79/h16-21,28,31-41,43-49,64,75H,14-15,22-27,29-30,42,50,92H2,1-13H3,(H11-,93,95,96,97,98,99,100,101,102,103,104,117,118,120,121,122,123,124,125,126,127,128,130,131)/p+1/t64-,75?/m0/s1. The number of rotatable bonds is 38. The van der Waals surface area contributed by atoms with E-state index in [4.69, 9.17) is 10.2 Å². The highest BCUT2D eigenvalue weighted by molar-refractivity contribution is 8.00. The van der Waals surface area contributed by atoms with Gasteiger partial charge in [-0.2, -0.15) is 0 Å². The third-order valence-corrected chi connectivity index (χ3v) is 23.2. The first-order valence-electron chi connectivity index (χ1n) is 42.1. The van der Waals surface area contributed by atoms with E-state index in [-0.39, 0.29) is 155 Å². The van der Waals surface area contributed by atoms with Gasteiger partial charge < -0.3 is 120 Å². The van der Waals surface area contributed by atoms with Crippen LogP contribution in [-0.2, 0) is 65.5 Å². The number of aromatic carboxylic acids is 1. The number of fused-ring (bicyclic) bond motifs is 2. The van der Waals surface area contributed by atoms with Crippen molar-refractivity contribution in [1.29, 1.82) is 0 Å². The van der Waals surface area contributed by atoms with Crippen LogP contribution in [-0.4, -0.2) is 247 Å². The summed E-state index contributed by atoms with van der Waals surface area (Å²) in [5.74, 6) is -7.73. The predicted molar refractivity (Wildman–Crippen MR) is 511 cm³/mol. The minimum Gasteiger partial charge on any atom is -0.497 e. The van der Waals surface area contributed by atoms with Crippen molar-refractivity contribution >= 4 is 173 Å². The number of thioether (sulfide) groups is 1. The summed E-state index contributed by atoms with van der Waals surface area (Å²) in [5.41, 5.74) is 13.2. The van der Waals surface area contributed by atoms with Gasteiger partial charge in [0.15, 0.2) is 23.5 Å². The summed E-state index contributed by atoms with van der Waals surface area (Å²) in [6, 6.07) is 25.3. The molecule has 0 saturated carbocycles. The number of aliphatic imine (C=N–C) groups is 4. The van der Waals surface area contributed by atoms with Crippen LogP contribution in [0.2, 0.25) is 0 Å². The zero-order valence-electron chi connectivity index (χ0n) is 75.4. The highest BCUT2D eigenvalue weighted by Crippen LogP contribution is 2.42. The number of nitrogens with two attached hydrogens (primary N) is 1. The number of benzene rings is 3. The predicted octanol–water partition coefficient (Wildman–Crippen LogP) is 10.2. The van der Waals surface area contributed by atoms with Crippen LogP contribution in [0.1, 0.15) is 122 Å². The van der Waals surface area contributed by atoms with E-state index in [1.807, 2.05) is 93.4 Å². The van der Waals surface area contributed by atoms with Gasteiger partial charge in [-0.05, 0) is 118 Å². The van der Waals surface area contributed by atoms with E-state index in [2.05, 4.69) is 62.2 Å². The van der Waals surface area contributed by atoms with Gasteiger partial charge in [0, 0.05) is 201 Å². The fraction of sp³-hybridized carbons (Fsp3) is 0.297. The molecule has 42 heteroatoms. The maximum Gasteiger partial charge on any atom is 0.363 e. The van der Waals surface area contributed by atoms with Gasteiger partial charge in [0.1, 0.15) is 39.9 Å². The minimum atomic E-state index is -1.36. The van der Waals surface area contributed by atoms with Crippen LogP contribution in [0.3, 0.4) is 0 Å². The number of carboxylic acid groups (broad SMARTS) is 1. The number of carbonyl (C=O) groups is 10. The quantitative estimate of drug-likeness (QED) is 0.00427. The molecule has 9 aromatic heterocycles. The Hall–Kier alpha value is -15.9. The number of nitrogens with one attached hydrogen (secondary N) is 7. The Bertz CT molecular complexity index is 6610. The molecule has 2 atom stereocenters. The lowest BCUT2D eigenvalue weighted by atomic mass is 9.94. The average molecular weight is 1840 g/mol. The number of aliphatic hydroxyl groups excluding tert-OH is 4. The van der Waals surface area contributed by atoms with Crippen LogP contribution >= 0.6 is 11.8 Å². The number of aryl methyl sites for hydroxylation is 8. The van der Waals surface area contributed by atoms with E-state index in [9.17, 15) is 73.5 Å². The summed E-state index contributed by atoms with van der Waals surface area (Å²) in [5, 5.41) is 73.5. The SMILES string of the molecule is CN(C)CCCN=C(O)CCN=C(O)c1cc(NC(=O)c2cc(NC(=O)c3cc(NC(=O)c4cc(N=C(O)CCNC(=O)c5cc(NC(=O)c6cc(NC(=O)c7cc(NC(=O)c8nccn8C)cn7CCCN=C(O)[C@@H](N)CSC7CC(=O)N(c8ccc(-c9c%10ccc(N(C)C)cc%10[o+]c%10cc(N(C)C)ccc9%10)cc8C(=O)O)C7=O)cn6C)cn5C)cn4C)cn3C)cn2C)cn1C. The van der Waals surface area contributed by atoms with Crippen molar-refractivity contribution in [3.63, 3.8) is 0 Å². The molecule has 41 nitrogen and oxygen atoms in total. The minimum absolute atomic E-state index is 0.00907. The highest BCUT2D eigenvalue weighted by atomic mass is 32.2. The Balaban J connectivity index is 0.569. The monoisotopic (exact) mass is 1830 g/mol. The van der Waals surface area contributed by atoms with Gasteiger partial charge in [0.05, 0.1) is 91.8 Å². The Morgan fingerprint density at radius 3 is 1.52 bits per heavy atom. The van der Waals surface area contributed by atoms with E-state index in [0.29, 0.717) is 56.7 Å². The van der Waals surface area contributed by atoms with Crippen molar-refractivity contribution in [2.75, 3.05) is 127 Å². The van der Waals surface area contributed by atoms with Crippen molar-refractivity contribution in [2.45, 2.75) is 49.9 Å². The molecule has 1 fully saturated rings. The summed E-state index contributed by atoms with van der Waals surface area (Å²) >= 11 is 1.02. The zero-order valence-corrected chi connectivity index (χ0v) is 76.2. The van der Waals surface area contributed by atoms with Crippen molar-refractivity contribution in [2.24, 2.45) is 75.0 Å². The maximum absolute atomic E-state index is 14.3. The number of imide groups is 1. The molecule has 1 aliphatic heterocycles. The molecule has 1 aliphatic rings.